The Labute approximate surface area is 135 Å². The lowest BCUT2D eigenvalue weighted by molar-refractivity contribution is 0.0909. The molecule has 1 N–H and O–H groups in total. The second-order valence-electron chi connectivity index (χ2n) is 5.36. The van der Waals surface area contributed by atoms with Crippen LogP contribution in [0.3, 0.4) is 0 Å². The largest absolute Gasteiger partial charge is 0.497 e. The third kappa shape index (κ3) is 3.21. The van der Waals surface area contributed by atoms with Crippen LogP contribution in [-0.4, -0.2) is 13.0 Å². The van der Waals surface area contributed by atoms with Crippen molar-refractivity contribution in [2.75, 3.05) is 7.11 Å². The smallest absolute Gasteiger partial charge is 0.287 e. The monoisotopic (exact) mass is 309 g/mol. The van der Waals surface area contributed by atoms with Crippen LogP contribution in [0.2, 0.25) is 0 Å². The van der Waals surface area contributed by atoms with E-state index in [2.05, 4.69) is 5.32 Å². The van der Waals surface area contributed by atoms with E-state index >= 15 is 0 Å². The minimum absolute atomic E-state index is 0.0679. The molecule has 0 radical (unpaired) electrons. The first-order chi connectivity index (χ1) is 11.2. The highest BCUT2D eigenvalue weighted by atomic mass is 16.5. The average Bonchev–Trinajstić information content (AvgIpc) is 3.04. The van der Waals surface area contributed by atoms with Crippen LogP contribution in [0, 0.1) is 0 Å². The van der Waals surface area contributed by atoms with Crippen molar-refractivity contribution >= 4 is 16.9 Å². The minimum atomic E-state index is -0.205. The Balaban J connectivity index is 1.78. The normalized spacial score (nSPS) is 12.1. The molecule has 1 amide bonds. The van der Waals surface area contributed by atoms with Gasteiger partial charge in [0.25, 0.3) is 5.91 Å². The van der Waals surface area contributed by atoms with Crippen molar-refractivity contribution in [2.24, 2.45) is 0 Å². The summed E-state index contributed by atoms with van der Waals surface area (Å²) >= 11 is 0. The Bertz CT molecular complexity index is 772. The molecule has 4 nitrogen and oxygen atoms in total. The van der Waals surface area contributed by atoms with Crippen LogP contribution in [0.4, 0.5) is 0 Å². The number of nitrogens with one attached hydrogen (secondary N) is 1. The van der Waals surface area contributed by atoms with E-state index in [1.54, 1.807) is 13.2 Å². The van der Waals surface area contributed by atoms with Gasteiger partial charge in [0, 0.05) is 5.39 Å². The molecular formula is C19H19NO3. The fourth-order valence-corrected chi connectivity index (χ4v) is 2.58. The second-order valence-corrected chi connectivity index (χ2v) is 5.36. The van der Waals surface area contributed by atoms with Crippen LogP contribution in [0.15, 0.2) is 59.0 Å². The van der Waals surface area contributed by atoms with Gasteiger partial charge in [-0.3, -0.25) is 4.79 Å². The van der Waals surface area contributed by atoms with E-state index < -0.39 is 0 Å². The van der Waals surface area contributed by atoms with Gasteiger partial charge in [0.15, 0.2) is 5.76 Å². The van der Waals surface area contributed by atoms with E-state index in [0.717, 1.165) is 28.7 Å². The standard InChI is InChI=1S/C19H19NO3/c1-3-16(13-8-10-15(22-2)11-9-13)20-19(21)18-12-14-6-4-5-7-17(14)23-18/h4-12,16H,3H2,1-2H3,(H,20,21). The topological polar surface area (TPSA) is 51.5 Å². The van der Waals surface area contributed by atoms with Gasteiger partial charge in [0.1, 0.15) is 11.3 Å². The van der Waals surface area contributed by atoms with Gasteiger partial charge in [-0.1, -0.05) is 37.3 Å². The highest BCUT2D eigenvalue weighted by molar-refractivity contribution is 5.96. The zero-order valence-electron chi connectivity index (χ0n) is 13.2. The molecule has 4 heteroatoms. The summed E-state index contributed by atoms with van der Waals surface area (Å²) in [4.78, 5) is 12.5. The first-order valence-corrected chi connectivity index (χ1v) is 7.64. The van der Waals surface area contributed by atoms with Gasteiger partial charge in [0.05, 0.1) is 13.2 Å². The van der Waals surface area contributed by atoms with Crippen LogP contribution in [0.1, 0.15) is 35.5 Å². The van der Waals surface area contributed by atoms with Gasteiger partial charge in [-0.25, -0.2) is 0 Å². The molecule has 1 atom stereocenters. The Hall–Kier alpha value is -2.75. The molecule has 2 aromatic carbocycles. The number of ether oxygens (including phenoxy) is 1. The molecule has 0 aliphatic rings. The lowest BCUT2D eigenvalue weighted by Crippen LogP contribution is -2.27. The van der Waals surface area contributed by atoms with Crippen LogP contribution in [0.25, 0.3) is 11.0 Å². The zero-order chi connectivity index (χ0) is 16.2. The van der Waals surface area contributed by atoms with Crippen LogP contribution in [-0.2, 0) is 0 Å². The number of benzene rings is 2. The van der Waals surface area contributed by atoms with Crippen molar-refractivity contribution in [1.29, 1.82) is 0 Å². The highest BCUT2D eigenvalue weighted by Gasteiger charge is 2.17. The van der Waals surface area contributed by atoms with Crippen molar-refractivity contribution in [3.05, 3.63) is 65.9 Å². The number of para-hydroxylation sites is 1. The lowest BCUT2D eigenvalue weighted by atomic mass is 10.0. The van der Waals surface area contributed by atoms with Crippen molar-refractivity contribution in [3.8, 4) is 5.75 Å². The van der Waals surface area contributed by atoms with Crippen molar-refractivity contribution in [3.63, 3.8) is 0 Å². The molecule has 0 fully saturated rings. The Morgan fingerprint density at radius 3 is 2.57 bits per heavy atom. The molecule has 1 aromatic heterocycles. The number of hydrogen-bond acceptors (Lipinski definition) is 3. The second kappa shape index (κ2) is 6.57. The molecule has 23 heavy (non-hydrogen) atoms. The molecular weight excluding hydrogens is 290 g/mol. The van der Waals surface area contributed by atoms with Crippen LogP contribution < -0.4 is 10.1 Å². The first-order valence-electron chi connectivity index (χ1n) is 7.64. The fourth-order valence-electron chi connectivity index (χ4n) is 2.58. The molecule has 3 rings (SSSR count). The number of furan rings is 1. The maximum atomic E-state index is 12.5. The van der Waals surface area contributed by atoms with E-state index in [0.29, 0.717) is 5.76 Å². The number of rotatable bonds is 5. The van der Waals surface area contributed by atoms with Gasteiger partial charge in [-0.05, 0) is 36.2 Å². The summed E-state index contributed by atoms with van der Waals surface area (Å²) in [5.41, 5.74) is 1.76. The lowest BCUT2D eigenvalue weighted by Gasteiger charge is -2.17. The van der Waals surface area contributed by atoms with Crippen LogP contribution in [0.5, 0.6) is 5.75 Å². The number of methoxy groups -OCH3 is 1. The molecule has 0 aliphatic carbocycles. The Morgan fingerprint density at radius 2 is 1.91 bits per heavy atom. The van der Waals surface area contributed by atoms with Gasteiger partial charge < -0.3 is 14.5 Å². The molecule has 0 bridgehead atoms. The number of hydrogen-bond donors (Lipinski definition) is 1. The van der Waals surface area contributed by atoms with Crippen LogP contribution >= 0.6 is 0 Å². The summed E-state index contributed by atoms with van der Waals surface area (Å²) in [6.07, 6.45) is 0.790. The number of carbonyl (C=O) groups excluding carboxylic acids is 1. The van der Waals surface area contributed by atoms with Gasteiger partial charge in [0.2, 0.25) is 0 Å². The van der Waals surface area contributed by atoms with E-state index in [1.807, 2.05) is 55.5 Å². The van der Waals surface area contributed by atoms with Crippen molar-refractivity contribution in [2.45, 2.75) is 19.4 Å². The molecule has 0 spiro atoms. The maximum Gasteiger partial charge on any atom is 0.287 e. The summed E-state index contributed by atoms with van der Waals surface area (Å²) in [5, 5.41) is 3.95. The molecule has 0 saturated heterocycles. The van der Waals surface area contributed by atoms with E-state index in [9.17, 15) is 4.79 Å². The summed E-state index contributed by atoms with van der Waals surface area (Å²) in [5.74, 6) is 0.925. The summed E-state index contributed by atoms with van der Waals surface area (Å²) < 4.78 is 10.8. The Kier molecular flexibility index (Phi) is 4.33. The summed E-state index contributed by atoms with van der Waals surface area (Å²) in [6, 6.07) is 17.0. The predicted molar refractivity (Wildman–Crippen MR) is 89.7 cm³/mol. The molecule has 0 saturated carbocycles. The minimum Gasteiger partial charge on any atom is -0.497 e. The maximum absolute atomic E-state index is 12.5. The van der Waals surface area contributed by atoms with Gasteiger partial charge >= 0.3 is 0 Å². The highest BCUT2D eigenvalue weighted by Crippen LogP contribution is 2.22. The molecule has 1 unspecified atom stereocenters. The quantitative estimate of drug-likeness (QED) is 0.763. The molecule has 1 heterocycles. The molecule has 3 aromatic rings. The third-order valence-electron chi connectivity index (χ3n) is 3.88. The first kappa shape index (κ1) is 15.2. The molecule has 0 aliphatic heterocycles. The number of fused-ring (bicyclic) bond motifs is 1. The number of amides is 1. The third-order valence-corrected chi connectivity index (χ3v) is 3.88. The van der Waals surface area contributed by atoms with E-state index in [-0.39, 0.29) is 11.9 Å². The summed E-state index contributed by atoms with van der Waals surface area (Å²) in [6.45, 7) is 2.04. The van der Waals surface area contributed by atoms with Gasteiger partial charge in [-0.2, -0.15) is 0 Å². The predicted octanol–water partition coefficient (Wildman–Crippen LogP) is 4.32. The van der Waals surface area contributed by atoms with E-state index in [4.69, 9.17) is 9.15 Å². The van der Waals surface area contributed by atoms with Crippen molar-refractivity contribution < 1.29 is 13.9 Å². The van der Waals surface area contributed by atoms with Gasteiger partial charge in [-0.15, -0.1) is 0 Å². The zero-order valence-corrected chi connectivity index (χ0v) is 13.2. The molecule has 118 valence electrons. The Morgan fingerprint density at radius 1 is 1.17 bits per heavy atom. The van der Waals surface area contributed by atoms with Crippen molar-refractivity contribution in [1.82, 2.24) is 5.32 Å². The number of carbonyl (C=O) groups is 1. The average molecular weight is 309 g/mol. The van der Waals surface area contributed by atoms with E-state index in [1.165, 1.54) is 0 Å². The SMILES string of the molecule is CCC(NC(=O)c1cc2ccccc2o1)c1ccc(OC)cc1. The summed E-state index contributed by atoms with van der Waals surface area (Å²) in [7, 11) is 1.63. The fraction of sp³-hybridized carbons (Fsp3) is 0.211.